The van der Waals surface area contributed by atoms with Crippen LogP contribution in [0, 0.1) is 6.92 Å². The summed E-state index contributed by atoms with van der Waals surface area (Å²) in [4.78, 5) is 22.4. The highest BCUT2D eigenvalue weighted by molar-refractivity contribution is 7.14. The van der Waals surface area contributed by atoms with Crippen molar-refractivity contribution in [1.82, 2.24) is 9.97 Å². The molecule has 1 aromatic carbocycles. The van der Waals surface area contributed by atoms with Gasteiger partial charge < -0.3 is 19.2 Å². The van der Waals surface area contributed by atoms with Crippen molar-refractivity contribution in [2.45, 2.75) is 13.3 Å². The van der Waals surface area contributed by atoms with Crippen molar-refractivity contribution < 1.29 is 18.7 Å². The van der Waals surface area contributed by atoms with Gasteiger partial charge in [0.15, 0.2) is 16.6 Å². The number of thiazole rings is 1. The molecular formula is C21H19N3O4S2. The number of thiophene rings is 1. The zero-order valence-corrected chi connectivity index (χ0v) is 18.2. The second-order valence-electron chi connectivity index (χ2n) is 6.33. The second-order valence-corrected chi connectivity index (χ2v) is 8.14. The Bertz CT molecular complexity index is 1170. The fourth-order valence-corrected chi connectivity index (χ4v) is 4.26. The molecule has 30 heavy (non-hydrogen) atoms. The SMILES string of the molecule is COc1ccc(-c2csc(NC(=O)Cc3nc(-c4cccs4)oc3C)n2)cc1OC. The lowest BCUT2D eigenvalue weighted by atomic mass is 10.1. The Morgan fingerprint density at radius 1 is 1.13 bits per heavy atom. The standard InChI is InChI=1S/C21H19N3O4S2/c1-12-14(22-20(28-12)18-5-4-8-29-18)10-19(25)24-21-23-15(11-30-21)13-6-7-16(26-2)17(9-13)27-3/h4-9,11H,10H2,1-3H3,(H,23,24,25). The minimum absolute atomic E-state index is 0.117. The van der Waals surface area contributed by atoms with Gasteiger partial charge in [-0.25, -0.2) is 9.97 Å². The van der Waals surface area contributed by atoms with E-state index in [1.54, 1.807) is 25.6 Å². The molecule has 0 atom stereocenters. The first kappa shape index (κ1) is 20.1. The van der Waals surface area contributed by atoms with Gasteiger partial charge in [0.1, 0.15) is 5.76 Å². The van der Waals surface area contributed by atoms with Crippen molar-refractivity contribution in [2.75, 3.05) is 19.5 Å². The van der Waals surface area contributed by atoms with Crippen molar-refractivity contribution in [3.8, 4) is 33.5 Å². The number of ether oxygens (including phenoxy) is 2. The number of aromatic nitrogens is 2. The van der Waals surface area contributed by atoms with E-state index >= 15 is 0 Å². The molecule has 3 heterocycles. The molecule has 0 aliphatic heterocycles. The average Bonchev–Trinajstić information content (AvgIpc) is 3.49. The molecule has 154 valence electrons. The van der Waals surface area contributed by atoms with Crippen LogP contribution in [0.3, 0.4) is 0 Å². The summed E-state index contributed by atoms with van der Waals surface area (Å²) in [6, 6.07) is 9.44. The summed E-state index contributed by atoms with van der Waals surface area (Å²) in [7, 11) is 3.18. The number of aryl methyl sites for hydroxylation is 1. The quantitative estimate of drug-likeness (QED) is 0.433. The van der Waals surface area contributed by atoms with Gasteiger partial charge in [-0.05, 0) is 36.6 Å². The number of carbonyl (C=O) groups excluding carboxylic acids is 1. The van der Waals surface area contributed by atoms with E-state index in [9.17, 15) is 4.79 Å². The summed E-state index contributed by atoms with van der Waals surface area (Å²) in [6.45, 7) is 1.81. The van der Waals surface area contributed by atoms with Crippen LogP contribution in [0.15, 0.2) is 45.5 Å². The van der Waals surface area contributed by atoms with Crippen molar-refractivity contribution in [2.24, 2.45) is 0 Å². The minimum atomic E-state index is -0.197. The number of amides is 1. The van der Waals surface area contributed by atoms with Crippen LogP contribution in [0.4, 0.5) is 5.13 Å². The molecule has 0 aliphatic rings. The summed E-state index contributed by atoms with van der Waals surface area (Å²) < 4.78 is 16.3. The lowest BCUT2D eigenvalue weighted by molar-refractivity contribution is -0.115. The van der Waals surface area contributed by atoms with Crippen LogP contribution < -0.4 is 14.8 Å². The van der Waals surface area contributed by atoms with E-state index < -0.39 is 0 Å². The maximum absolute atomic E-state index is 12.5. The number of hydrogen-bond acceptors (Lipinski definition) is 8. The third-order valence-corrected chi connectivity index (χ3v) is 6.00. The Hall–Kier alpha value is -3.17. The van der Waals surface area contributed by atoms with Crippen molar-refractivity contribution in [1.29, 1.82) is 0 Å². The van der Waals surface area contributed by atoms with Gasteiger partial charge in [0.25, 0.3) is 0 Å². The molecule has 0 spiro atoms. The van der Waals surface area contributed by atoms with Crippen LogP contribution in [0.1, 0.15) is 11.5 Å². The van der Waals surface area contributed by atoms with E-state index in [0.717, 1.165) is 16.1 Å². The van der Waals surface area contributed by atoms with Crippen LogP contribution >= 0.6 is 22.7 Å². The summed E-state index contributed by atoms with van der Waals surface area (Å²) >= 11 is 2.90. The normalized spacial score (nSPS) is 10.8. The molecule has 0 fully saturated rings. The minimum Gasteiger partial charge on any atom is -0.493 e. The molecule has 0 aliphatic carbocycles. The van der Waals surface area contributed by atoms with Crippen molar-refractivity contribution >= 4 is 33.7 Å². The maximum Gasteiger partial charge on any atom is 0.236 e. The zero-order chi connectivity index (χ0) is 21.1. The number of methoxy groups -OCH3 is 2. The fraction of sp³-hybridized carbons (Fsp3) is 0.190. The number of benzene rings is 1. The Morgan fingerprint density at radius 2 is 1.97 bits per heavy atom. The number of carbonyl (C=O) groups is 1. The van der Waals surface area contributed by atoms with Gasteiger partial charge in [0.2, 0.25) is 11.8 Å². The van der Waals surface area contributed by atoms with Crippen molar-refractivity contribution in [3.63, 3.8) is 0 Å². The number of anilines is 1. The second kappa shape index (κ2) is 8.68. The molecule has 0 saturated carbocycles. The van der Waals surface area contributed by atoms with Crippen LogP contribution in [-0.2, 0) is 11.2 Å². The third kappa shape index (κ3) is 4.22. The number of rotatable bonds is 7. The summed E-state index contributed by atoms with van der Waals surface area (Å²) in [5, 5.41) is 7.19. The molecule has 0 bridgehead atoms. The Labute approximate surface area is 181 Å². The first-order chi connectivity index (χ1) is 14.6. The molecule has 0 radical (unpaired) electrons. The average molecular weight is 442 g/mol. The van der Waals surface area contributed by atoms with Gasteiger partial charge in [-0.1, -0.05) is 6.07 Å². The lowest BCUT2D eigenvalue weighted by Crippen LogP contribution is -2.15. The Morgan fingerprint density at radius 3 is 2.70 bits per heavy atom. The predicted octanol–water partition coefficient (Wildman–Crippen LogP) is 5.03. The summed E-state index contributed by atoms with van der Waals surface area (Å²) in [5.74, 6) is 2.25. The fourth-order valence-electron chi connectivity index (χ4n) is 2.87. The van der Waals surface area contributed by atoms with E-state index in [1.165, 1.54) is 11.3 Å². The molecule has 9 heteroatoms. The number of nitrogens with zero attached hydrogens (tertiary/aromatic N) is 2. The van der Waals surface area contributed by atoms with Crippen LogP contribution in [-0.4, -0.2) is 30.1 Å². The van der Waals surface area contributed by atoms with E-state index in [1.807, 2.05) is 48.0 Å². The Kier molecular flexibility index (Phi) is 5.82. The molecule has 1 N–H and O–H groups in total. The van der Waals surface area contributed by atoms with Crippen LogP contribution in [0.5, 0.6) is 11.5 Å². The highest BCUT2D eigenvalue weighted by Gasteiger charge is 2.17. The van der Waals surface area contributed by atoms with Gasteiger partial charge in [0.05, 0.1) is 36.9 Å². The molecule has 1 amide bonds. The van der Waals surface area contributed by atoms with Crippen molar-refractivity contribution in [3.05, 3.63) is 52.5 Å². The number of hydrogen-bond donors (Lipinski definition) is 1. The van der Waals surface area contributed by atoms with Gasteiger partial charge in [-0.2, -0.15) is 0 Å². The highest BCUT2D eigenvalue weighted by atomic mass is 32.1. The predicted molar refractivity (Wildman–Crippen MR) is 118 cm³/mol. The van der Waals surface area contributed by atoms with E-state index in [0.29, 0.717) is 34.0 Å². The first-order valence-electron chi connectivity index (χ1n) is 9.05. The topological polar surface area (TPSA) is 86.5 Å². The summed E-state index contributed by atoms with van der Waals surface area (Å²) in [5.41, 5.74) is 2.23. The van der Waals surface area contributed by atoms with E-state index in [2.05, 4.69) is 15.3 Å². The molecule has 4 aromatic rings. The van der Waals surface area contributed by atoms with E-state index in [4.69, 9.17) is 13.9 Å². The monoisotopic (exact) mass is 441 g/mol. The molecular weight excluding hydrogens is 422 g/mol. The van der Waals surface area contributed by atoms with Gasteiger partial charge in [-0.15, -0.1) is 22.7 Å². The number of nitrogens with one attached hydrogen (secondary N) is 1. The lowest BCUT2D eigenvalue weighted by Gasteiger charge is -2.08. The molecule has 0 saturated heterocycles. The summed E-state index contributed by atoms with van der Waals surface area (Å²) in [6.07, 6.45) is 0.117. The van der Waals surface area contributed by atoms with E-state index in [-0.39, 0.29) is 12.3 Å². The third-order valence-electron chi connectivity index (χ3n) is 4.38. The van der Waals surface area contributed by atoms with Gasteiger partial charge in [0, 0.05) is 10.9 Å². The largest absolute Gasteiger partial charge is 0.493 e. The van der Waals surface area contributed by atoms with Gasteiger partial charge >= 0.3 is 0 Å². The molecule has 4 rings (SSSR count). The van der Waals surface area contributed by atoms with Crippen LogP contribution in [0.2, 0.25) is 0 Å². The smallest absolute Gasteiger partial charge is 0.236 e. The molecule has 3 aromatic heterocycles. The molecule has 7 nitrogen and oxygen atoms in total. The zero-order valence-electron chi connectivity index (χ0n) is 16.6. The maximum atomic E-state index is 12.5. The molecule has 0 unspecified atom stereocenters. The Balaban J connectivity index is 1.45. The first-order valence-corrected chi connectivity index (χ1v) is 10.8. The highest BCUT2D eigenvalue weighted by Crippen LogP contribution is 2.33. The number of oxazole rings is 1. The van der Waals surface area contributed by atoms with Gasteiger partial charge in [-0.3, -0.25) is 4.79 Å². The van der Waals surface area contributed by atoms with Crippen LogP contribution in [0.25, 0.3) is 22.0 Å².